The van der Waals surface area contributed by atoms with Gasteiger partial charge in [-0.05, 0) is 34.0 Å². The van der Waals surface area contributed by atoms with Gasteiger partial charge in [0.2, 0.25) is 0 Å². The van der Waals surface area contributed by atoms with Gasteiger partial charge < -0.3 is 0 Å². The Balaban J connectivity index is 1.79. The number of hydrogen-bond acceptors (Lipinski definition) is 5. The third-order valence-electron chi connectivity index (χ3n) is 3.25. The molecule has 0 aliphatic rings. The van der Waals surface area contributed by atoms with Gasteiger partial charge in [-0.2, -0.15) is 4.68 Å². The van der Waals surface area contributed by atoms with E-state index in [1.54, 1.807) is 16.0 Å². The van der Waals surface area contributed by atoms with Gasteiger partial charge in [-0.25, -0.2) is 0 Å². The highest BCUT2D eigenvalue weighted by molar-refractivity contribution is 7.09. The van der Waals surface area contributed by atoms with Crippen LogP contribution >= 0.6 is 11.3 Å². The molecule has 0 aliphatic heterocycles. The van der Waals surface area contributed by atoms with Crippen molar-refractivity contribution < 1.29 is 0 Å². The molecule has 2 heterocycles. The van der Waals surface area contributed by atoms with Crippen LogP contribution < -0.4 is 0 Å². The van der Waals surface area contributed by atoms with Crippen LogP contribution in [-0.4, -0.2) is 31.7 Å². The molecule has 112 valence electrons. The number of thiophene rings is 1. The first-order chi connectivity index (χ1) is 10.9. The summed E-state index contributed by atoms with van der Waals surface area (Å²) in [5, 5.41) is 14.2. The summed E-state index contributed by atoms with van der Waals surface area (Å²) >= 11 is 1.76. The minimum absolute atomic E-state index is 0.672. The molecule has 0 radical (unpaired) electrons. The van der Waals surface area contributed by atoms with E-state index >= 15 is 0 Å². The van der Waals surface area contributed by atoms with Crippen LogP contribution in [0.15, 0.2) is 60.5 Å². The highest BCUT2D eigenvalue weighted by atomic mass is 32.1. The Morgan fingerprint density at radius 2 is 2.00 bits per heavy atom. The van der Waals surface area contributed by atoms with Gasteiger partial charge in [0, 0.05) is 18.0 Å². The monoisotopic (exact) mass is 311 g/mol. The largest absolute Gasteiger partial charge is 0.287 e. The number of hydrogen-bond donors (Lipinski definition) is 0. The molecule has 0 aliphatic carbocycles. The maximum Gasteiger partial charge on any atom is 0.170 e. The van der Waals surface area contributed by atoms with Crippen molar-refractivity contribution in [1.82, 2.24) is 25.1 Å². The van der Waals surface area contributed by atoms with E-state index in [4.69, 9.17) is 0 Å². The van der Waals surface area contributed by atoms with E-state index in [-0.39, 0.29) is 0 Å². The molecule has 6 heteroatoms. The minimum Gasteiger partial charge on any atom is -0.287 e. The van der Waals surface area contributed by atoms with E-state index in [1.807, 2.05) is 36.4 Å². The second-order valence-electron chi connectivity index (χ2n) is 4.88. The van der Waals surface area contributed by atoms with Crippen LogP contribution in [0, 0.1) is 0 Å². The van der Waals surface area contributed by atoms with E-state index in [0.717, 1.165) is 24.6 Å². The van der Waals surface area contributed by atoms with Gasteiger partial charge in [-0.3, -0.25) is 4.90 Å². The molecular formula is C16H17N5S. The molecule has 22 heavy (non-hydrogen) atoms. The molecular weight excluding hydrogens is 294 g/mol. The molecule has 0 saturated heterocycles. The van der Waals surface area contributed by atoms with Gasteiger partial charge in [0.1, 0.15) is 0 Å². The molecule has 0 atom stereocenters. The van der Waals surface area contributed by atoms with Gasteiger partial charge in [0.05, 0.1) is 12.2 Å². The predicted octanol–water partition coefficient (Wildman–Crippen LogP) is 2.91. The number of aromatic nitrogens is 4. The molecule has 5 nitrogen and oxygen atoms in total. The zero-order valence-corrected chi connectivity index (χ0v) is 13.0. The van der Waals surface area contributed by atoms with Crippen molar-refractivity contribution in [2.45, 2.75) is 13.1 Å². The highest BCUT2D eigenvalue weighted by Crippen LogP contribution is 2.15. The average molecular weight is 311 g/mol. The van der Waals surface area contributed by atoms with Crippen molar-refractivity contribution in [3.05, 3.63) is 71.2 Å². The summed E-state index contributed by atoms with van der Waals surface area (Å²) in [5.74, 6) is 0.824. The van der Waals surface area contributed by atoms with Crippen molar-refractivity contribution in [2.24, 2.45) is 0 Å². The Morgan fingerprint density at radius 1 is 1.14 bits per heavy atom. The summed E-state index contributed by atoms with van der Waals surface area (Å²) in [6.07, 6.45) is 1.91. The molecule has 0 spiro atoms. The average Bonchev–Trinajstić information content (AvgIpc) is 3.20. The zero-order chi connectivity index (χ0) is 15.2. The van der Waals surface area contributed by atoms with Gasteiger partial charge in [-0.15, -0.1) is 23.0 Å². The zero-order valence-electron chi connectivity index (χ0n) is 12.2. The van der Waals surface area contributed by atoms with Crippen LogP contribution in [0.25, 0.3) is 5.69 Å². The van der Waals surface area contributed by atoms with E-state index in [1.165, 1.54) is 4.88 Å². The number of para-hydroxylation sites is 1. The Labute approximate surface area is 133 Å². The van der Waals surface area contributed by atoms with Crippen molar-refractivity contribution in [1.29, 1.82) is 0 Å². The fourth-order valence-electron chi connectivity index (χ4n) is 2.26. The smallest absolute Gasteiger partial charge is 0.170 e. The van der Waals surface area contributed by atoms with Crippen LogP contribution in [0.1, 0.15) is 10.7 Å². The first kappa shape index (κ1) is 14.6. The molecule has 3 aromatic rings. The maximum absolute atomic E-state index is 4.17. The molecule has 1 aromatic carbocycles. The summed E-state index contributed by atoms with van der Waals surface area (Å²) in [7, 11) is 0. The molecule has 2 aromatic heterocycles. The van der Waals surface area contributed by atoms with E-state index in [0.29, 0.717) is 6.54 Å². The van der Waals surface area contributed by atoms with Crippen LogP contribution in [0.5, 0.6) is 0 Å². The van der Waals surface area contributed by atoms with E-state index in [9.17, 15) is 0 Å². The van der Waals surface area contributed by atoms with E-state index < -0.39 is 0 Å². The molecule has 0 N–H and O–H groups in total. The topological polar surface area (TPSA) is 46.8 Å². The Bertz CT molecular complexity index is 705. The molecule has 3 rings (SSSR count). The summed E-state index contributed by atoms with van der Waals surface area (Å²) in [4.78, 5) is 3.59. The number of tetrazole rings is 1. The lowest BCUT2D eigenvalue weighted by Gasteiger charge is -2.19. The standard InChI is InChI=1S/C16H17N5S/c1-2-10-20(12-15-9-6-11-22-15)13-16-17-18-19-21(16)14-7-4-3-5-8-14/h2-9,11H,1,10,12-13H2. The molecule has 0 amide bonds. The lowest BCUT2D eigenvalue weighted by atomic mass is 10.3. The van der Waals surface area contributed by atoms with Crippen molar-refractivity contribution in [3.63, 3.8) is 0 Å². The molecule has 0 saturated carbocycles. The summed E-state index contributed by atoms with van der Waals surface area (Å²) < 4.78 is 1.78. The van der Waals surface area contributed by atoms with Crippen molar-refractivity contribution in [3.8, 4) is 5.69 Å². The number of nitrogens with zero attached hydrogens (tertiary/aromatic N) is 5. The second kappa shape index (κ2) is 7.11. The fourth-order valence-corrected chi connectivity index (χ4v) is 3.01. The quantitative estimate of drug-likeness (QED) is 0.629. The Morgan fingerprint density at radius 3 is 2.73 bits per heavy atom. The van der Waals surface area contributed by atoms with Crippen LogP contribution in [0.2, 0.25) is 0 Å². The maximum atomic E-state index is 4.17. The number of benzene rings is 1. The molecule has 0 unspecified atom stereocenters. The van der Waals surface area contributed by atoms with Crippen molar-refractivity contribution in [2.75, 3.05) is 6.54 Å². The first-order valence-electron chi connectivity index (χ1n) is 7.05. The van der Waals surface area contributed by atoms with Crippen LogP contribution in [0.3, 0.4) is 0 Å². The predicted molar refractivity (Wildman–Crippen MR) is 87.8 cm³/mol. The third kappa shape index (κ3) is 3.47. The highest BCUT2D eigenvalue weighted by Gasteiger charge is 2.13. The number of rotatable bonds is 7. The van der Waals surface area contributed by atoms with Gasteiger partial charge in [0.15, 0.2) is 5.82 Å². The Kier molecular flexibility index (Phi) is 4.72. The van der Waals surface area contributed by atoms with Crippen LogP contribution in [0.4, 0.5) is 0 Å². The normalized spacial score (nSPS) is 11.0. The summed E-state index contributed by atoms with van der Waals surface area (Å²) in [6.45, 7) is 6.17. The third-order valence-corrected chi connectivity index (χ3v) is 4.11. The molecule has 0 fully saturated rings. The SMILES string of the molecule is C=CCN(Cc1cccs1)Cc1nnnn1-c1ccccc1. The van der Waals surface area contributed by atoms with Gasteiger partial charge >= 0.3 is 0 Å². The first-order valence-corrected chi connectivity index (χ1v) is 7.93. The van der Waals surface area contributed by atoms with Crippen LogP contribution in [-0.2, 0) is 13.1 Å². The van der Waals surface area contributed by atoms with Crippen molar-refractivity contribution >= 4 is 11.3 Å². The second-order valence-corrected chi connectivity index (χ2v) is 5.91. The summed E-state index contributed by atoms with van der Waals surface area (Å²) in [5.41, 5.74) is 0.970. The van der Waals surface area contributed by atoms with E-state index in [2.05, 4.69) is 44.5 Å². The lowest BCUT2D eigenvalue weighted by molar-refractivity contribution is 0.278. The van der Waals surface area contributed by atoms with Gasteiger partial charge in [-0.1, -0.05) is 30.3 Å². The summed E-state index contributed by atoms with van der Waals surface area (Å²) in [6, 6.07) is 14.1. The minimum atomic E-state index is 0.672. The molecule has 0 bridgehead atoms. The van der Waals surface area contributed by atoms with Gasteiger partial charge in [0.25, 0.3) is 0 Å². The fraction of sp³-hybridized carbons (Fsp3) is 0.188. The lowest BCUT2D eigenvalue weighted by Crippen LogP contribution is -2.24. The Hall–Kier alpha value is -2.31.